The zero-order chi connectivity index (χ0) is 9.68. The molecular weight excluding hydrogens is 166 g/mol. The van der Waals surface area contributed by atoms with E-state index in [1.54, 1.807) is 6.20 Å². The van der Waals surface area contributed by atoms with Gasteiger partial charge in [0, 0.05) is 6.20 Å². The third-order valence-corrected chi connectivity index (χ3v) is 1.48. The minimum absolute atomic E-state index is 0.492. The maximum atomic E-state index is 5.48. The van der Waals surface area contributed by atoms with Crippen LogP contribution in [0.3, 0.4) is 0 Å². The maximum Gasteiger partial charge on any atom is 0.182 e. The van der Waals surface area contributed by atoms with Crippen LogP contribution in [-0.4, -0.2) is 11.6 Å². The van der Waals surface area contributed by atoms with Gasteiger partial charge in [0.15, 0.2) is 11.6 Å². The van der Waals surface area contributed by atoms with E-state index >= 15 is 0 Å². The van der Waals surface area contributed by atoms with Gasteiger partial charge < -0.3 is 10.2 Å². The van der Waals surface area contributed by atoms with Gasteiger partial charge in [-0.25, -0.2) is 10.8 Å². The first-order valence-electron chi connectivity index (χ1n) is 4.28. The van der Waals surface area contributed by atoms with Crippen molar-refractivity contribution < 1.29 is 4.74 Å². The van der Waals surface area contributed by atoms with Gasteiger partial charge in [-0.1, -0.05) is 13.8 Å². The van der Waals surface area contributed by atoms with E-state index in [0.29, 0.717) is 24.1 Å². The second-order valence-electron chi connectivity index (χ2n) is 3.20. The van der Waals surface area contributed by atoms with Crippen molar-refractivity contribution in [2.45, 2.75) is 13.8 Å². The average molecular weight is 181 g/mol. The van der Waals surface area contributed by atoms with Gasteiger partial charge in [0.05, 0.1) is 6.61 Å². The third kappa shape index (κ3) is 2.91. The largest absolute Gasteiger partial charge is 0.489 e. The fourth-order valence-corrected chi connectivity index (χ4v) is 0.872. The summed E-state index contributed by atoms with van der Waals surface area (Å²) in [7, 11) is 0. The van der Waals surface area contributed by atoms with Crippen LogP contribution in [0.15, 0.2) is 18.3 Å². The molecule has 4 heteroatoms. The summed E-state index contributed by atoms with van der Waals surface area (Å²) < 4.78 is 5.48. The fraction of sp³-hybridized carbons (Fsp3) is 0.444. The van der Waals surface area contributed by atoms with Crippen LogP contribution in [0, 0.1) is 5.92 Å². The van der Waals surface area contributed by atoms with Gasteiger partial charge in [0.1, 0.15) is 0 Å². The van der Waals surface area contributed by atoms with Gasteiger partial charge in [0.2, 0.25) is 0 Å². The van der Waals surface area contributed by atoms with Crippen molar-refractivity contribution in [2.24, 2.45) is 11.8 Å². The van der Waals surface area contributed by atoms with Gasteiger partial charge in [-0.05, 0) is 18.1 Å². The summed E-state index contributed by atoms with van der Waals surface area (Å²) in [6.07, 6.45) is 1.66. The Balaban J connectivity index is 2.64. The number of nitrogen functional groups attached to an aromatic ring is 1. The summed E-state index contributed by atoms with van der Waals surface area (Å²) in [6, 6.07) is 3.65. The Morgan fingerprint density at radius 1 is 1.62 bits per heavy atom. The predicted molar refractivity (Wildman–Crippen MR) is 52.4 cm³/mol. The predicted octanol–water partition coefficient (Wildman–Crippen LogP) is 1.40. The van der Waals surface area contributed by atoms with Crippen molar-refractivity contribution in [3.8, 4) is 5.75 Å². The van der Waals surface area contributed by atoms with Crippen LogP contribution in [-0.2, 0) is 0 Å². The number of nitrogens with zero attached hydrogens (tertiary/aromatic N) is 1. The highest BCUT2D eigenvalue weighted by Crippen LogP contribution is 2.19. The number of ether oxygens (including phenoxy) is 1. The van der Waals surface area contributed by atoms with Crippen LogP contribution < -0.4 is 16.0 Å². The average Bonchev–Trinajstić information content (AvgIpc) is 2.15. The van der Waals surface area contributed by atoms with Gasteiger partial charge in [-0.2, -0.15) is 0 Å². The fourth-order valence-electron chi connectivity index (χ4n) is 0.872. The monoisotopic (exact) mass is 181 g/mol. The molecule has 0 radical (unpaired) electrons. The number of rotatable bonds is 4. The number of aromatic nitrogens is 1. The molecule has 0 unspecified atom stereocenters. The van der Waals surface area contributed by atoms with Crippen LogP contribution in [0.5, 0.6) is 5.75 Å². The highest BCUT2D eigenvalue weighted by atomic mass is 16.5. The first kappa shape index (κ1) is 9.80. The summed E-state index contributed by atoms with van der Waals surface area (Å²) >= 11 is 0. The van der Waals surface area contributed by atoms with Gasteiger partial charge >= 0.3 is 0 Å². The van der Waals surface area contributed by atoms with Crippen LogP contribution in [0.1, 0.15) is 13.8 Å². The molecule has 0 spiro atoms. The summed E-state index contributed by atoms with van der Waals surface area (Å²) in [4.78, 5) is 4.01. The molecule has 0 aliphatic heterocycles. The summed E-state index contributed by atoms with van der Waals surface area (Å²) in [5, 5.41) is 0. The molecule has 0 fully saturated rings. The van der Waals surface area contributed by atoms with Crippen LogP contribution in [0.2, 0.25) is 0 Å². The molecule has 72 valence electrons. The van der Waals surface area contributed by atoms with E-state index in [9.17, 15) is 0 Å². The van der Waals surface area contributed by atoms with Crippen molar-refractivity contribution in [3.05, 3.63) is 18.3 Å². The second kappa shape index (κ2) is 4.67. The Labute approximate surface area is 78.1 Å². The molecule has 3 N–H and O–H groups in total. The molecular formula is C9H15N3O. The van der Waals surface area contributed by atoms with Gasteiger partial charge in [-0.15, -0.1) is 0 Å². The molecule has 1 rings (SSSR count). The number of anilines is 1. The van der Waals surface area contributed by atoms with E-state index in [1.807, 2.05) is 12.1 Å². The lowest BCUT2D eigenvalue weighted by atomic mass is 10.2. The van der Waals surface area contributed by atoms with E-state index in [-0.39, 0.29) is 0 Å². The van der Waals surface area contributed by atoms with Crippen molar-refractivity contribution in [1.29, 1.82) is 0 Å². The topological polar surface area (TPSA) is 60.2 Å². The molecule has 0 aliphatic rings. The lowest BCUT2D eigenvalue weighted by Crippen LogP contribution is -2.12. The Kier molecular flexibility index (Phi) is 3.52. The summed E-state index contributed by atoms with van der Waals surface area (Å²) in [5.41, 5.74) is 2.48. The molecule has 1 aromatic rings. The minimum Gasteiger partial charge on any atom is -0.489 e. The van der Waals surface area contributed by atoms with E-state index in [0.717, 1.165) is 0 Å². The maximum absolute atomic E-state index is 5.48. The molecule has 0 aromatic carbocycles. The Morgan fingerprint density at radius 2 is 2.38 bits per heavy atom. The Bertz CT molecular complexity index is 263. The highest BCUT2D eigenvalue weighted by Gasteiger charge is 2.02. The smallest absolute Gasteiger partial charge is 0.182 e. The lowest BCUT2D eigenvalue weighted by molar-refractivity contribution is 0.271. The van der Waals surface area contributed by atoms with Crippen LogP contribution >= 0.6 is 0 Å². The van der Waals surface area contributed by atoms with Crippen molar-refractivity contribution in [3.63, 3.8) is 0 Å². The summed E-state index contributed by atoms with van der Waals surface area (Å²) in [6.45, 7) is 4.85. The van der Waals surface area contributed by atoms with Gasteiger partial charge in [-0.3, -0.25) is 0 Å². The molecule has 0 bridgehead atoms. The zero-order valence-corrected chi connectivity index (χ0v) is 7.95. The second-order valence-corrected chi connectivity index (χ2v) is 3.20. The molecule has 0 saturated heterocycles. The van der Waals surface area contributed by atoms with Crippen molar-refractivity contribution in [2.75, 3.05) is 12.0 Å². The number of nitrogens with two attached hydrogens (primary N) is 1. The van der Waals surface area contributed by atoms with E-state index in [1.165, 1.54) is 0 Å². The van der Waals surface area contributed by atoms with Crippen molar-refractivity contribution in [1.82, 2.24) is 4.98 Å². The number of nitrogens with one attached hydrogen (secondary N) is 1. The minimum atomic E-state index is 0.492. The van der Waals surface area contributed by atoms with Crippen molar-refractivity contribution >= 4 is 5.82 Å². The van der Waals surface area contributed by atoms with E-state index in [2.05, 4.69) is 24.3 Å². The number of pyridine rings is 1. The normalized spacial score (nSPS) is 10.2. The van der Waals surface area contributed by atoms with Crippen LogP contribution in [0.4, 0.5) is 5.82 Å². The molecule has 4 nitrogen and oxygen atoms in total. The summed E-state index contributed by atoms with van der Waals surface area (Å²) in [5.74, 6) is 7.02. The molecule has 0 aliphatic carbocycles. The molecule has 1 heterocycles. The molecule has 0 saturated carbocycles. The first-order chi connectivity index (χ1) is 6.24. The number of hydrogen-bond donors (Lipinski definition) is 2. The number of hydrogen-bond acceptors (Lipinski definition) is 4. The third-order valence-electron chi connectivity index (χ3n) is 1.48. The quantitative estimate of drug-likeness (QED) is 0.544. The SMILES string of the molecule is CC(C)COc1cccnc1NN. The number of hydrazine groups is 1. The van der Waals surface area contributed by atoms with E-state index in [4.69, 9.17) is 10.6 Å². The molecule has 1 aromatic heterocycles. The standard InChI is InChI=1S/C9H15N3O/c1-7(2)6-13-8-4-3-5-11-9(8)12-10/h3-5,7H,6,10H2,1-2H3,(H,11,12). The highest BCUT2D eigenvalue weighted by molar-refractivity contribution is 5.48. The molecule has 0 atom stereocenters. The molecule has 13 heavy (non-hydrogen) atoms. The Morgan fingerprint density at radius 3 is 3.00 bits per heavy atom. The lowest BCUT2D eigenvalue weighted by Gasteiger charge is -2.10. The zero-order valence-electron chi connectivity index (χ0n) is 7.95. The van der Waals surface area contributed by atoms with Crippen LogP contribution in [0.25, 0.3) is 0 Å². The first-order valence-corrected chi connectivity index (χ1v) is 4.28. The molecule has 0 amide bonds. The Hall–Kier alpha value is -1.29. The van der Waals surface area contributed by atoms with E-state index < -0.39 is 0 Å². The van der Waals surface area contributed by atoms with Gasteiger partial charge in [0.25, 0.3) is 0 Å².